The Bertz CT molecular complexity index is 438. The smallest absolute Gasteiger partial charge is 0.237 e. The van der Waals surface area contributed by atoms with Gasteiger partial charge in [-0.15, -0.1) is 0 Å². The minimum absolute atomic E-state index is 0.0141. The number of carbonyl (C=O) groups excluding carboxylic acids is 1. The maximum Gasteiger partial charge on any atom is 0.237 e. The summed E-state index contributed by atoms with van der Waals surface area (Å²) in [6.45, 7) is 3.79. The van der Waals surface area contributed by atoms with Crippen LogP contribution in [0, 0.1) is 0 Å². The first-order valence-electron chi connectivity index (χ1n) is 6.13. The molecule has 0 spiro atoms. The van der Waals surface area contributed by atoms with Crippen molar-refractivity contribution >= 4 is 17.5 Å². The van der Waals surface area contributed by atoms with Gasteiger partial charge in [-0.1, -0.05) is 29.8 Å². The Hall–Kier alpha value is -1.10. The highest BCUT2D eigenvalue weighted by molar-refractivity contribution is 6.31. The second-order valence-electron chi connectivity index (χ2n) is 4.48. The SMILES string of the molecule is CC1C(=O)NCCN1C(CN)c1ccccc1Cl. The quantitative estimate of drug-likeness (QED) is 0.864. The maximum absolute atomic E-state index is 11.7. The summed E-state index contributed by atoms with van der Waals surface area (Å²) in [6.07, 6.45) is 0. The highest BCUT2D eigenvalue weighted by Gasteiger charge is 2.31. The normalized spacial score (nSPS) is 22.6. The van der Waals surface area contributed by atoms with Gasteiger partial charge >= 0.3 is 0 Å². The molecule has 1 aliphatic rings. The van der Waals surface area contributed by atoms with E-state index in [9.17, 15) is 4.79 Å². The number of benzene rings is 1. The monoisotopic (exact) mass is 267 g/mol. The van der Waals surface area contributed by atoms with Gasteiger partial charge in [0.1, 0.15) is 0 Å². The second-order valence-corrected chi connectivity index (χ2v) is 4.89. The fourth-order valence-electron chi connectivity index (χ4n) is 2.41. The Morgan fingerprint density at radius 2 is 2.28 bits per heavy atom. The number of nitrogens with two attached hydrogens (primary N) is 1. The van der Waals surface area contributed by atoms with Crippen molar-refractivity contribution in [1.29, 1.82) is 0 Å². The number of hydrogen-bond acceptors (Lipinski definition) is 3. The van der Waals surface area contributed by atoms with Crippen LogP contribution in [0.3, 0.4) is 0 Å². The molecular weight excluding hydrogens is 250 g/mol. The molecule has 1 aromatic carbocycles. The molecule has 2 rings (SSSR count). The first-order valence-corrected chi connectivity index (χ1v) is 6.51. The summed E-state index contributed by atoms with van der Waals surface area (Å²) in [6, 6.07) is 7.47. The van der Waals surface area contributed by atoms with E-state index in [0.29, 0.717) is 18.1 Å². The zero-order chi connectivity index (χ0) is 13.1. The number of hydrogen-bond donors (Lipinski definition) is 2. The fourth-order valence-corrected chi connectivity index (χ4v) is 2.67. The van der Waals surface area contributed by atoms with Crippen molar-refractivity contribution in [3.8, 4) is 0 Å². The lowest BCUT2D eigenvalue weighted by Crippen LogP contribution is -2.55. The Morgan fingerprint density at radius 3 is 2.94 bits per heavy atom. The molecule has 0 aliphatic carbocycles. The fraction of sp³-hybridized carbons (Fsp3) is 0.462. The lowest BCUT2D eigenvalue weighted by Gasteiger charge is -2.38. The largest absolute Gasteiger partial charge is 0.353 e. The van der Waals surface area contributed by atoms with E-state index in [1.54, 1.807) is 0 Å². The molecule has 1 fully saturated rings. The average Bonchev–Trinajstić information content (AvgIpc) is 2.37. The van der Waals surface area contributed by atoms with Crippen LogP contribution in [0.4, 0.5) is 0 Å². The predicted molar refractivity (Wildman–Crippen MR) is 72.4 cm³/mol. The minimum atomic E-state index is -0.177. The van der Waals surface area contributed by atoms with Crippen molar-refractivity contribution in [2.24, 2.45) is 5.73 Å². The lowest BCUT2D eigenvalue weighted by molar-refractivity contribution is -0.129. The van der Waals surface area contributed by atoms with Gasteiger partial charge in [-0.3, -0.25) is 9.69 Å². The molecule has 2 unspecified atom stereocenters. The summed E-state index contributed by atoms with van der Waals surface area (Å²) >= 11 is 6.22. The van der Waals surface area contributed by atoms with Crippen LogP contribution in [0.1, 0.15) is 18.5 Å². The summed E-state index contributed by atoms with van der Waals surface area (Å²) in [5, 5.41) is 3.55. The van der Waals surface area contributed by atoms with Crippen LogP contribution in [-0.2, 0) is 4.79 Å². The molecular formula is C13H18ClN3O. The first-order chi connectivity index (χ1) is 8.65. The Labute approximate surface area is 112 Å². The molecule has 0 bridgehead atoms. The van der Waals surface area contributed by atoms with E-state index < -0.39 is 0 Å². The van der Waals surface area contributed by atoms with Gasteiger partial charge < -0.3 is 11.1 Å². The van der Waals surface area contributed by atoms with Gasteiger partial charge in [0.2, 0.25) is 5.91 Å². The zero-order valence-electron chi connectivity index (χ0n) is 10.4. The highest BCUT2D eigenvalue weighted by atomic mass is 35.5. The van der Waals surface area contributed by atoms with Gasteiger partial charge in [-0.25, -0.2) is 0 Å². The number of nitrogens with one attached hydrogen (secondary N) is 1. The van der Waals surface area contributed by atoms with Crippen molar-refractivity contribution in [1.82, 2.24) is 10.2 Å². The third kappa shape index (κ3) is 2.51. The number of carbonyl (C=O) groups is 1. The molecule has 18 heavy (non-hydrogen) atoms. The summed E-state index contributed by atoms with van der Waals surface area (Å²) in [4.78, 5) is 13.8. The number of rotatable bonds is 3. The Balaban J connectivity index is 2.28. The predicted octanol–water partition coefficient (Wildman–Crippen LogP) is 1.16. The Kier molecular flexibility index (Phi) is 4.22. The van der Waals surface area contributed by atoms with E-state index >= 15 is 0 Å². The molecule has 3 N–H and O–H groups in total. The topological polar surface area (TPSA) is 58.4 Å². The molecule has 0 saturated carbocycles. The highest BCUT2D eigenvalue weighted by Crippen LogP contribution is 2.28. The zero-order valence-corrected chi connectivity index (χ0v) is 11.2. The molecule has 1 heterocycles. The molecule has 2 atom stereocenters. The molecule has 5 heteroatoms. The van der Waals surface area contributed by atoms with Crippen molar-refractivity contribution in [3.05, 3.63) is 34.9 Å². The first kappa shape index (κ1) is 13.3. The van der Waals surface area contributed by atoms with Crippen LogP contribution < -0.4 is 11.1 Å². The van der Waals surface area contributed by atoms with E-state index in [4.69, 9.17) is 17.3 Å². The second kappa shape index (κ2) is 5.69. The van der Waals surface area contributed by atoms with Gasteiger partial charge in [0.15, 0.2) is 0 Å². The van der Waals surface area contributed by atoms with Crippen LogP contribution in [0.2, 0.25) is 5.02 Å². The summed E-state index contributed by atoms with van der Waals surface area (Å²) < 4.78 is 0. The number of nitrogens with zero attached hydrogens (tertiary/aromatic N) is 1. The molecule has 1 saturated heterocycles. The minimum Gasteiger partial charge on any atom is -0.353 e. The lowest BCUT2D eigenvalue weighted by atomic mass is 10.0. The van der Waals surface area contributed by atoms with Crippen LogP contribution in [0.5, 0.6) is 0 Å². The molecule has 1 aromatic rings. The standard InChI is InChI=1S/C13H18ClN3O/c1-9-13(18)16-6-7-17(9)12(8-15)10-4-2-3-5-11(10)14/h2-5,9,12H,6-8,15H2,1H3,(H,16,18). The van der Waals surface area contributed by atoms with Gasteiger partial charge in [0.05, 0.1) is 6.04 Å². The third-order valence-electron chi connectivity index (χ3n) is 3.43. The summed E-state index contributed by atoms with van der Waals surface area (Å²) in [5.41, 5.74) is 6.87. The van der Waals surface area contributed by atoms with E-state index in [-0.39, 0.29) is 18.0 Å². The van der Waals surface area contributed by atoms with Gasteiger partial charge in [0.25, 0.3) is 0 Å². The maximum atomic E-state index is 11.7. The van der Waals surface area contributed by atoms with Crippen molar-refractivity contribution in [2.75, 3.05) is 19.6 Å². The Morgan fingerprint density at radius 1 is 1.56 bits per heavy atom. The van der Waals surface area contributed by atoms with E-state index in [1.807, 2.05) is 31.2 Å². The van der Waals surface area contributed by atoms with E-state index in [2.05, 4.69) is 10.2 Å². The molecule has 0 radical (unpaired) electrons. The van der Waals surface area contributed by atoms with Crippen LogP contribution in [0.15, 0.2) is 24.3 Å². The average molecular weight is 268 g/mol. The van der Waals surface area contributed by atoms with E-state index in [0.717, 1.165) is 12.1 Å². The van der Waals surface area contributed by atoms with Crippen LogP contribution >= 0.6 is 11.6 Å². The number of piperazine rings is 1. The molecule has 0 aromatic heterocycles. The van der Waals surface area contributed by atoms with Gasteiger partial charge in [0, 0.05) is 30.7 Å². The number of amides is 1. The number of halogens is 1. The molecule has 98 valence electrons. The molecule has 1 aliphatic heterocycles. The van der Waals surface area contributed by atoms with Crippen molar-refractivity contribution in [2.45, 2.75) is 19.0 Å². The molecule has 1 amide bonds. The van der Waals surface area contributed by atoms with E-state index in [1.165, 1.54) is 0 Å². The van der Waals surface area contributed by atoms with Gasteiger partial charge in [-0.05, 0) is 18.6 Å². The van der Waals surface area contributed by atoms with Crippen LogP contribution in [-0.4, -0.2) is 36.5 Å². The molecule has 4 nitrogen and oxygen atoms in total. The van der Waals surface area contributed by atoms with Crippen LogP contribution in [0.25, 0.3) is 0 Å². The summed E-state index contributed by atoms with van der Waals surface area (Å²) in [5.74, 6) is 0.0479. The third-order valence-corrected chi connectivity index (χ3v) is 3.78. The van der Waals surface area contributed by atoms with Gasteiger partial charge in [-0.2, -0.15) is 0 Å². The summed E-state index contributed by atoms with van der Waals surface area (Å²) in [7, 11) is 0. The van der Waals surface area contributed by atoms with Crippen molar-refractivity contribution < 1.29 is 4.79 Å². The van der Waals surface area contributed by atoms with Crippen molar-refractivity contribution in [3.63, 3.8) is 0 Å².